The lowest BCUT2D eigenvalue weighted by atomic mass is 10.1. The number of hydrogen-bond acceptors (Lipinski definition) is 3. The summed E-state index contributed by atoms with van der Waals surface area (Å²) < 4.78 is 116. The molecule has 12 heteroatoms. The molecule has 0 aliphatic carbocycles. The molecule has 0 heterocycles. The fraction of sp³-hybridized carbons (Fsp3) is 1.00. The normalized spacial score (nSPS) is 18.5. The van der Waals surface area contributed by atoms with Gasteiger partial charge in [-0.15, -0.1) is 0 Å². The molecular weight excluding hydrogens is 395 g/mol. The van der Waals surface area contributed by atoms with E-state index < -0.39 is 46.7 Å². The van der Waals surface area contributed by atoms with Crippen LogP contribution in [0.3, 0.4) is 0 Å². The van der Waals surface area contributed by atoms with Crippen molar-refractivity contribution in [3.63, 3.8) is 0 Å². The highest BCUT2D eigenvalue weighted by Gasteiger charge is 2.45. The predicted molar refractivity (Wildman–Crippen MR) is 82.6 cm³/mol. The van der Waals surface area contributed by atoms with Gasteiger partial charge in [0, 0.05) is 0 Å². The SMILES string of the molecule is CC[N+](CC)(CC)CC.O=S(=O)([O-])C(F)C(F)C(F)C(F)C(F)C(F)F. The maximum Gasteiger partial charge on any atom is 0.272 e. The highest BCUT2D eigenvalue weighted by Crippen LogP contribution is 2.25. The minimum Gasteiger partial charge on any atom is -0.746 e. The number of halogens is 7. The van der Waals surface area contributed by atoms with Gasteiger partial charge in [0.05, 0.1) is 26.2 Å². The highest BCUT2D eigenvalue weighted by atomic mass is 32.2. The summed E-state index contributed by atoms with van der Waals surface area (Å²) in [4.78, 5) is 0. The zero-order chi connectivity index (χ0) is 21.3. The quantitative estimate of drug-likeness (QED) is 0.309. The average Bonchev–Trinajstić information content (AvgIpc) is 2.60. The first kappa shape index (κ1) is 27.6. The van der Waals surface area contributed by atoms with E-state index in [2.05, 4.69) is 27.7 Å². The molecule has 0 bridgehead atoms. The summed E-state index contributed by atoms with van der Waals surface area (Å²) >= 11 is 0. The Labute approximate surface area is 149 Å². The van der Waals surface area contributed by atoms with Crippen LogP contribution in [0.2, 0.25) is 0 Å². The largest absolute Gasteiger partial charge is 0.746 e. The van der Waals surface area contributed by atoms with Gasteiger partial charge < -0.3 is 9.04 Å². The molecule has 0 aliphatic rings. The molecule has 4 nitrogen and oxygen atoms in total. The summed E-state index contributed by atoms with van der Waals surface area (Å²) in [7, 11) is -5.93. The van der Waals surface area contributed by atoms with Crippen molar-refractivity contribution in [2.45, 2.75) is 64.3 Å². The van der Waals surface area contributed by atoms with Crippen molar-refractivity contribution >= 4 is 10.1 Å². The van der Waals surface area contributed by atoms with Crippen LogP contribution in [-0.2, 0) is 10.1 Å². The molecule has 0 amide bonds. The molecular formula is C14H26F7NO3S. The second-order valence-electron chi connectivity index (χ2n) is 5.56. The third-order valence-corrected chi connectivity index (χ3v) is 5.17. The van der Waals surface area contributed by atoms with E-state index in [9.17, 15) is 43.7 Å². The summed E-state index contributed by atoms with van der Waals surface area (Å²) in [6.45, 7) is 14.2. The van der Waals surface area contributed by atoms with Crippen LogP contribution in [0.5, 0.6) is 0 Å². The van der Waals surface area contributed by atoms with Gasteiger partial charge in [0.1, 0.15) is 10.1 Å². The Balaban J connectivity index is 0. The molecule has 0 spiro atoms. The van der Waals surface area contributed by atoms with Gasteiger partial charge in [-0.3, -0.25) is 0 Å². The van der Waals surface area contributed by atoms with E-state index in [1.54, 1.807) is 0 Å². The molecule has 0 aromatic heterocycles. The van der Waals surface area contributed by atoms with Crippen LogP contribution in [0, 0.1) is 0 Å². The maximum absolute atomic E-state index is 12.6. The van der Waals surface area contributed by atoms with Gasteiger partial charge in [0.15, 0.2) is 24.7 Å². The van der Waals surface area contributed by atoms with E-state index >= 15 is 0 Å². The van der Waals surface area contributed by atoms with Crippen molar-refractivity contribution in [3.8, 4) is 0 Å². The third kappa shape index (κ3) is 8.38. The smallest absolute Gasteiger partial charge is 0.272 e. The van der Waals surface area contributed by atoms with Crippen LogP contribution in [-0.4, -0.2) is 80.2 Å². The Hall–Kier alpha value is -0.620. The summed E-state index contributed by atoms with van der Waals surface area (Å²) in [5.74, 6) is 0. The number of nitrogens with zero attached hydrogens (tertiary/aromatic N) is 1. The van der Waals surface area contributed by atoms with Crippen molar-refractivity contribution in [3.05, 3.63) is 0 Å². The van der Waals surface area contributed by atoms with E-state index in [1.165, 1.54) is 30.7 Å². The fourth-order valence-electron chi connectivity index (χ4n) is 2.14. The molecule has 0 N–H and O–H groups in total. The molecule has 160 valence electrons. The Kier molecular flexibility index (Phi) is 12.7. The summed E-state index contributed by atoms with van der Waals surface area (Å²) in [6.07, 6.45) is -19.3. The van der Waals surface area contributed by atoms with Gasteiger partial charge in [-0.25, -0.2) is 39.2 Å². The zero-order valence-corrected chi connectivity index (χ0v) is 15.8. The summed E-state index contributed by atoms with van der Waals surface area (Å²) in [5.41, 5.74) is -4.00. The minimum atomic E-state index is -5.93. The number of hydrogen-bond donors (Lipinski definition) is 0. The van der Waals surface area contributed by atoms with Crippen molar-refractivity contribution in [1.29, 1.82) is 0 Å². The predicted octanol–water partition coefficient (Wildman–Crippen LogP) is 3.33. The number of rotatable bonds is 10. The van der Waals surface area contributed by atoms with E-state index in [0.29, 0.717) is 0 Å². The average molecular weight is 421 g/mol. The van der Waals surface area contributed by atoms with E-state index in [0.717, 1.165) is 0 Å². The lowest BCUT2D eigenvalue weighted by Gasteiger charge is -2.34. The molecule has 0 aromatic rings. The molecule has 0 radical (unpaired) electrons. The first-order chi connectivity index (χ1) is 11.7. The van der Waals surface area contributed by atoms with Crippen LogP contribution in [0.1, 0.15) is 27.7 Å². The molecule has 0 fully saturated rings. The minimum absolute atomic E-state index is 1.28. The van der Waals surface area contributed by atoms with Crippen molar-refractivity contribution < 1.29 is 48.2 Å². The number of alkyl halides is 7. The monoisotopic (exact) mass is 421 g/mol. The Morgan fingerprint density at radius 1 is 0.692 bits per heavy atom. The summed E-state index contributed by atoms with van der Waals surface area (Å²) in [6, 6.07) is 0. The molecule has 0 saturated carbocycles. The molecule has 0 aromatic carbocycles. The topological polar surface area (TPSA) is 57.2 Å². The maximum atomic E-state index is 12.6. The molecule has 5 atom stereocenters. The van der Waals surface area contributed by atoms with Crippen LogP contribution >= 0.6 is 0 Å². The van der Waals surface area contributed by atoms with Crippen LogP contribution in [0.4, 0.5) is 30.7 Å². The van der Waals surface area contributed by atoms with Crippen LogP contribution in [0.15, 0.2) is 0 Å². The molecule has 0 saturated heterocycles. The fourth-order valence-corrected chi connectivity index (χ4v) is 2.60. The second-order valence-corrected chi connectivity index (χ2v) is 7.00. The number of quaternary nitrogens is 1. The second kappa shape index (κ2) is 12.0. The van der Waals surface area contributed by atoms with Crippen LogP contribution < -0.4 is 0 Å². The van der Waals surface area contributed by atoms with Crippen molar-refractivity contribution in [1.82, 2.24) is 0 Å². The summed E-state index contributed by atoms with van der Waals surface area (Å²) in [5, 5.41) is 0. The Bertz CT molecular complexity index is 460. The Morgan fingerprint density at radius 3 is 1.19 bits per heavy atom. The van der Waals surface area contributed by atoms with Gasteiger partial charge in [0.25, 0.3) is 6.43 Å². The van der Waals surface area contributed by atoms with Gasteiger partial charge in [-0.1, -0.05) is 0 Å². The molecule has 0 aliphatic heterocycles. The van der Waals surface area contributed by atoms with Crippen molar-refractivity contribution in [2.24, 2.45) is 0 Å². The molecule has 26 heavy (non-hydrogen) atoms. The first-order valence-electron chi connectivity index (χ1n) is 8.02. The van der Waals surface area contributed by atoms with Gasteiger partial charge in [-0.05, 0) is 27.7 Å². The lowest BCUT2D eigenvalue weighted by molar-refractivity contribution is -0.921. The van der Waals surface area contributed by atoms with E-state index in [1.807, 2.05) is 0 Å². The Morgan fingerprint density at radius 2 is 1.00 bits per heavy atom. The lowest BCUT2D eigenvalue weighted by Crippen LogP contribution is -2.47. The first-order valence-corrected chi connectivity index (χ1v) is 9.49. The molecule has 0 rings (SSSR count). The van der Waals surface area contributed by atoms with Crippen LogP contribution in [0.25, 0.3) is 0 Å². The molecule has 5 unspecified atom stereocenters. The zero-order valence-electron chi connectivity index (χ0n) is 15.0. The van der Waals surface area contributed by atoms with E-state index in [4.69, 9.17) is 0 Å². The van der Waals surface area contributed by atoms with E-state index in [-0.39, 0.29) is 0 Å². The standard InChI is InChI=1S/C8H20N.C6H7F7O3S/c1-5-9(6-2,7-3)8-4;7-1(3(9)5(11)12)2(8)4(10)6(13)17(14,15)16/h5-8H2,1-4H3;1-6H,(H,14,15,16)/q+1;/p-1. The van der Waals surface area contributed by atoms with Crippen molar-refractivity contribution in [2.75, 3.05) is 26.2 Å². The van der Waals surface area contributed by atoms with Gasteiger partial charge >= 0.3 is 0 Å². The highest BCUT2D eigenvalue weighted by molar-refractivity contribution is 7.86. The van der Waals surface area contributed by atoms with Gasteiger partial charge in [0.2, 0.25) is 5.50 Å². The third-order valence-electron chi connectivity index (χ3n) is 4.36. The van der Waals surface area contributed by atoms with Gasteiger partial charge in [-0.2, -0.15) is 0 Å².